The Kier molecular flexibility index (Phi) is 5.66. The van der Waals surface area contributed by atoms with Gasteiger partial charge in [0.15, 0.2) is 0 Å². The van der Waals surface area contributed by atoms with Crippen LogP contribution in [0.4, 0.5) is 4.39 Å². The molecule has 0 amide bonds. The van der Waals surface area contributed by atoms with Crippen LogP contribution in [0.5, 0.6) is 0 Å². The number of rotatable bonds is 6. The second-order valence-corrected chi connectivity index (χ2v) is 7.54. The number of ether oxygens (including phenoxy) is 2. The molecule has 4 nitrogen and oxygen atoms in total. The number of nitrogens with zero attached hydrogens (tertiary/aromatic N) is 2. The summed E-state index contributed by atoms with van der Waals surface area (Å²) in [6, 6.07) is 7.30. The fourth-order valence-electron chi connectivity index (χ4n) is 4.53. The van der Waals surface area contributed by atoms with E-state index in [-0.39, 0.29) is 18.0 Å². The maximum Gasteiger partial charge on any atom is 0.123 e. The molecule has 1 saturated carbocycles. The summed E-state index contributed by atoms with van der Waals surface area (Å²) in [5.74, 6) is -0.170. The number of hydrogen-bond acceptors (Lipinski definition) is 4. The van der Waals surface area contributed by atoms with Crippen LogP contribution in [0.15, 0.2) is 24.3 Å². The Bertz CT molecular complexity index is 547. The standard InChI is InChI=1S/C20H29FN2O2/c21-17-5-3-16(4-6-17)15-23-12-14-25-20-18(23)7-8-19(20)24-13-11-22-9-1-2-10-22/h3-6,18-20H,1-2,7-15H2/t18-,19+,20+/m0/s1. The molecule has 5 heteroatoms. The average molecular weight is 348 g/mol. The predicted octanol–water partition coefficient (Wildman–Crippen LogP) is 2.67. The lowest BCUT2D eigenvalue weighted by atomic mass is 10.1. The first-order valence-corrected chi connectivity index (χ1v) is 9.74. The molecular weight excluding hydrogens is 319 g/mol. The molecule has 4 rings (SSSR count). The molecule has 3 fully saturated rings. The van der Waals surface area contributed by atoms with E-state index < -0.39 is 0 Å². The van der Waals surface area contributed by atoms with Crippen LogP contribution < -0.4 is 0 Å². The van der Waals surface area contributed by atoms with Crippen molar-refractivity contribution in [3.8, 4) is 0 Å². The molecule has 3 atom stereocenters. The number of likely N-dealkylation sites (tertiary alicyclic amines) is 1. The normalized spacial score (nSPS) is 30.7. The quantitative estimate of drug-likeness (QED) is 0.789. The van der Waals surface area contributed by atoms with Crippen LogP contribution in [0, 0.1) is 5.82 Å². The van der Waals surface area contributed by atoms with Gasteiger partial charge < -0.3 is 14.4 Å². The van der Waals surface area contributed by atoms with Crippen molar-refractivity contribution in [3.63, 3.8) is 0 Å². The van der Waals surface area contributed by atoms with E-state index in [1.807, 2.05) is 12.1 Å². The summed E-state index contributed by atoms with van der Waals surface area (Å²) in [6.45, 7) is 6.88. The van der Waals surface area contributed by atoms with Crippen molar-refractivity contribution in [2.75, 3.05) is 39.4 Å². The zero-order valence-electron chi connectivity index (χ0n) is 14.9. The summed E-state index contributed by atoms with van der Waals surface area (Å²) in [5, 5.41) is 0. The first-order chi connectivity index (χ1) is 12.3. The minimum Gasteiger partial charge on any atom is -0.374 e. The summed E-state index contributed by atoms with van der Waals surface area (Å²) in [5.41, 5.74) is 1.17. The highest BCUT2D eigenvalue weighted by molar-refractivity contribution is 5.16. The van der Waals surface area contributed by atoms with Gasteiger partial charge in [-0.05, 0) is 56.5 Å². The monoisotopic (exact) mass is 348 g/mol. The van der Waals surface area contributed by atoms with Gasteiger partial charge in [-0.2, -0.15) is 0 Å². The van der Waals surface area contributed by atoms with Gasteiger partial charge in [0.1, 0.15) is 5.82 Å². The highest BCUT2D eigenvalue weighted by Crippen LogP contribution is 2.33. The molecule has 0 aromatic heterocycles. The Labute approximate surface area is 149 Å². The Balaban J connectivity index is 1.29. The van der Waals surface area contributed by atoms with Gasteiger partial charge in [-0.25, -0.2) is 4.39 Å². The van der Waals surface area contributed by atoms with Crippen molar-refractivity contribution >= 4 is 0 Å². The maximum absolute atomic E-state index is 13.1. The van der Waals surface area contributed by atoms with E-state index in [2.05, 4.69) is 9.80 Å². The second-order valence-electron chi connectivity index (χ2n) is 7.54. The summed E-state index contributed by atoms with van der Waals surface area (Å²) in [6.07, 6.45) is 5.28. The predicted molar refractivity (Wildman–Crippen MR) is 95.0 cm³/mol. The SMILES string of the molecule is Fc1ccc(CN2CCO[C@H]3[C@H](OCCN4CCCC4)CC[C@@H]32)cc1. The summed E-state index contributed by atoms with van der Waals surface area (Å²) >= 11 is 0. The molecule has 0 unspecified atom stereocenters. The number of morpholine rings is 1. The Morgan fingerprint density at radius 2 is 1.88 bits per heavy atom. The van der Waals surface area contributed by atoms with Crippen molar-refractivity contribution in [1.82, 2.24) is 9.80 Å². The molecule has 0 N–H and O–H groups in total. The maximum atomic E-state index is 13.1. The zero-order valence-corrected chi connectivity index (χ0v) is 14.9. The van der Waals surface area contributed by atoms with Crippen LogP contribution >= 0.6 is 0 Å². The van der Waals surface area contributed by atoms with Gasteiger partial charge in [-0.1, -0.05) is 12.1 Å². The molecule has 1 aliphatic carbocycles. The third-order valence-electron chi connectivity index (χ3n) is 5.89. The largest absolute Gasteiger partial charge is 0.374 e. The van der Waals surface area contributed by atoms with Crippen molar-refractivity contribution in [2.24, 2.45) is 0 Å². The van der Waals surface area contributed by atoms with Crippen molar-refractivity contribution in [1.29, 1.82) is 0 Å². The molecule has 0 bridgehead atoms. The molecule has 138 valence electrons. The fraction of sp³-hybridized carbons (Fsp3) is 0.700. The van der Waals surface area contributed by atoms with Gasteiger partial charge in [0.25, 0.3) is 0 Å². The van der Waals surface area contributed by atoms with E-state index in [1.54, 1.807) is 12.1 Å². The number of hydrogen-bond donors (Lipinski definition) is 0. The lowest BCUT2D eigenvalue weighted by Crippen LogP contribution is -2.51. The topological polar surface area (TPSA) is 24.9 Å². The third kappa shape index (κ3) is 4.22. The van der Waals surface area contributed by atoms with Gasteiger partial charge in [0.05, 0.1) is 25.4 Å². The van der Waals surface area contributed by atoms with Crippen LogP contribution in [0.1, 0.15) is 31.2 Å². The minimum atomic E-state index is -0.170. The smallest absolute Gasteiger partial charge is 0.123 e. The van der Waals surface area contributed by atoms with Gasteiger partial charge in [0, 0.05) is 25.7 Å². The van der Waals surface area contributed by atoms with Gasteiger partial charge >= 0.3 is 0 Å². The molecular formula is C20H29FN2O2. The number of halogens is 1. The molecule has 2 saturated heterocycles. The Morgan fingerprint density at radius 1 is 1.08 bits per heavy atom. The van der Waals surface area contributed by atoms with Crippen molar-refractivity contribution in [2.45, 2.75) is 50.5 Å². The van der Waals surface area contributed by atoms with Crippen LogP contribution in [-0.2, 0) is 16.0 Å². The number of fused-ring (bicyclic) bond motifs is 1. The summed E-state index contributed by atoms with van der Waals surface area (Å²) in [4.78, 5) is 4.99. The lowest BCUT2D eigenvalue weighted by Gasteiger charge is -2.39. The molecule has 1 aromatic carbocycles. The number of benzene rings is 1. The fourth-order valence-corrected chi connectivity index (χ4v) is 4.53. The summed E-state index contributed by atoms with van der Waals surface area (Å²) in [7, 11) is 0. The van der Waals surface area contributed by atoms with Gasteiger partial charge in [-0.15, -0.1) is 0 Å². The minimum absolute atomic E-state index is 0.170. The lowest BCUT2D eigenvalue weighted by molar-refractivity contribution is -0.116. The molecule has 0 radical (unpaired) electrons. The Hall–Kier alpha value is -1.01. The van der Waals surface area contributed by atoms with Crippen LogP contribution in [0.25, 0.3) is 0 Å². The highest BCUT2D eigenvalue weighted by atomic mass is 19.1. The van der Waals surface area contributed by atoms with Crippen LogP contribution in [0.2, 0.25) is 0 Å². The first kappa shape index (κ1) is 17.4. The molecule has 0 spiro atoms. The van der Waals surface area contributed by atoms with E-state index >= 15 is 0 Å². The van der Waals surface area contributed by atoms with Crippen molar-refractivity contribution in [3.05, 3.63) is 35.6 Å². The molecule has 25 heavy (non-hydrogen) atoms. The van der Waals surface area contributed by atoms with E-state index in [0.717, 1.165) is 45.7 Å². The van der Waals surface area contributed by atoms with Gasteiger partial charge in [0.2, 0.25) is 0 Å². The van der Waals surface area contributed by atoms with E-state index in [4.69, 9.17) is 9.47 Å². The molecule has 2 heterocycles. The van der Waals surface area contributed by atoms with Gasteiger partial charge in [-0.3, -0.25) is 4.90 Å². The Morgan fingerprint density at radius 3 is 2.68 bits per heavy atom. The summed E-state index contributed by atoms with van der Waals surface area (Å²) < 4.78 is 25.4. The molecule has 3 aliphatic rings. The average Bonchev–Trinajstić information content (AvgIpc) is 3.28. The van der Waals surface area contributed by atoms with E-state index in [0.29, 0.717) is 6.04 Å². The van der Waals surface area contributed by atoms with Crippen molar-refractivity contribution < 1.29 is 13.9 Å². The van der Waals surface area contributed by atoms with E-state index in [9.17, 15) is 4.39 Å². The highest BCUT2D eigenvalue weighted by Gasteiger charge is 2.43. The first-order valence-electron chi connectivity index (χ1n) is 9.74. The second kappa shape index (κ2) is 8.12. The molecule has 1 aromatic rings. The van der Waals surface area contributed by atoms with Crippen LogP contribution in [0.3, 0.4) is 0 Å². The van der Waals surface area contributed by atoms with Crippen LogP contribution in [-0.4, -0.2) is 67.4 Å². The zero-order chi connectivity index (χ0) is 17.1. The van der Waals surface area contributed by atoms with E-state index in [1.165, 1.54) is 31.5 Å². The molecule has 2 aliphatic heterocycles. The third-order valence-corrected chi connectivity index (χ3v) is 5.89.